The highest BCUT2D eigenvalue weighted by Crippen LogP contribution is 2.32. The predicted octanol–water partition coefficient (Wildman–Crippen LogP) is 3.18. The van der Waals surface area contributed by atoms with Crippen LogP contribution in [0.4, 0.5) is 4.39 Å². The standard InChI is InChI=1S/C20H23FN2O2/c1-23(2)11-12-25-19-6-4-3-5-17(19)20(24)22-18-10-7-14-13-15(21)8-9-16(14)18/h3-6,8-9,13,18H,7,10-12H2,1-2H3,(H,22,24)/t18-/m1/s1. The molecule has 0 heterocycles. The summed E-state index contributed by atoms with van der Waals surface area (Å²) in [5.41, 5.74) is 2.50. The van der Waals surface area contributed by atoms with E-state index in [1.165, 1.54) is 6.07 Å². The summed E-state index contributed by atoms with van der Waals surface area (Å²) in [7, 11) is 3.95. The molecule has 2 aromatic carbocycles. The number of hydrogen-bond acceptors (Lipinski definition) is 3. The third-order valence-electron chi connectivity index (χ3n) is 4.42. The monoisotopic (exact) mass is 342 g/mol. The van der Waals surface area contributed by atoms with Crippen molar-refractivity contribution < 1.29 is 13.9 Å². The molecule has 5 heteroatoms. The lowest BCUT2D eigenvalue weighted by Gasteiger charge is -2.17. The Morgan fingerprint density at radius 3 is 2.88 bits per heavy atom. The van der Waals surface area contributed by atoms with Crippen LogP contribution in [0.1, 0.15) is 33.9 Å². The van der Waals surface area contributed by atoms with E-state index in [9.17, 15) is 9.18 Å². The van der Waals surface area contributed by atoms with Gasteiger partial charge in [0.2, 0.25) is 0 Å². The van der Waals surface area contributed by atoms with E-state index in [-0.39, 0.29) is 17.8 Å². The number of ether oxygens (including phenoxy) is 1. The lowest BCUT2D eigenvalue weighted by atomic mass is 10.1. The number of fused-ring (bicyclic) bond motifs is 1. The molecule has 1 amide bonds. The molecule has 0 saturated carbocycles. The fourth-order valence-electron chi connectivity index (χ4n) is 3.09. The van der Waals surface area contributed by atoms with Gasteiger partial charge in [-0.3, -0.25) is 4.79 Å². The number of benzene rings is 2. The van der Waals surface area contributed by atoms with Gasteiger partial charge in [0.05, 0.1) is 11.6 Å². The highest BCUT2D eigenvalue weighted by molar-refractivity contribution is 5.97. The van der Waals surface area contributed by atoms with Gasteiger partial charge in [0.15, 0.2) is 0 Å². The van der Waals surface area contributed by atoms with E-state index < -0.39 is 0 Å². The lowest BCUT2D eigenvalue weighted by Crippen LogP contribution is -2.28. The number of rotatable bonds is 6. The second-order valence-electron chi connectivity index (χ2n) is 6.56. The van der Waals surface area contributed by atoms with Gasteiger partial charge in [0.25, 0.3) is 5.91 Å². The Hall–Kier alpha value is -2.40. The minimum absolute atomic E-state index is 0.0852. The summed E-state index contributed by atoms with van der Waals surface area (Å²) in [4.78, 5) is 14.7. The fourth-order valence-corrected chi connectivity index (χ4v) is 3.09. The van der Waals surface area contributed by atoms with Crippen molar-refractivity contribution in [2.75, 3.05) is 27.2 Å². The Labute approximate surface area is 147 Å². The highest BCUT2D eigenvalue weighted by atomic mass is 19.1. The molecule has 0 aliphatic heterocycles. The Bertz CT molecular complexity index is 761. The zero-order chi connectivity index (χ0) is 17.8. The number of nitrogens with one attached hydrogen (secondary N) is 1. The molecular formula is C20H23FN2O2. The van der Waals surface area contributed by atoms with E-state index in [1.54, 1.807) is 18.2 Å². The molecule has 1 aliphatic carbocycles. The summed E-state index contributed by atoms with van der Waals surface area (Å²) in [6.07, 6.45) is 1.56. The average molecular weight is 342 g/mol. The van der Waals surface area contributed by atoms with Gasteiger partial charge in [-0.05, 0) is 62.3 Å². The van der Waals surface area contributed by atoms with Gasteiger partial charge in [0, 0.05) is 6.54 Å². The first-order valence-corrected chi connectivity index (χ1v) is 8.50. The number of amides is 1. The maximum atomic E-state index is 13.3. The molecule has 0 radical (unpaired) electrons. The normalized spacial score (nSPS) is 15.9. The van der Waals surface area contributed by atoms with Gasteiger partial charge < -0.3 is 15.0 Å². The molecule has 1 N–H and O–H groups in total. The molecule has 0 unspecified atom stereocenters. The first kappa shape index (κ1) is 17.4. The largest absolute Gasteiger partial charge is 0.491 e. The quantitative estimate of drug-likeness (QED) is 0.877. The first-order chi connectivity index (χ1) is 12.0. The van der Waals surface area contributed by atoms with E-state index in [4.69, 9.17) is 4.74 Å². The summed E-state index contributed by atoms with van der Waals surface area (Å²) in [5, 5.41) is 3.06. The van der Waals surface area contributed by atoms with E-state index in [1.807, 2.05) is 37.2 Å². The van der Waals surface area contributed by atoms with Gasteiger partial charge in [-0.25, -0.2) is 4.39 Å². The number of halogens is 1. The molecule has 0 bridgehead atoms. The van der Waals surface area contributed by atoms with Crippen molar-refractivity contribution >= 4 is 5.91 Å². The highest BCUT2D eigenvalue weighted by Gasteiger charge is 2.25. The number of para-hydroxylation sites is 1. The van der Waals surface area contributed by atoms with E-state index in [0.29, 0.717) is 17.9 Å². The van der Waals surface area contributed by atoms with Crippen LogP contribution in [0.5, 0.6) is 5.75 Å². The molecule has 1 atom stereocenters. The number of likely N-dealkylation sites (N-methyl/N-ethyl adjacent to an activating group) is 1. The Balaban J connectivity index is 1.70. The summed E-state index contributed by atoms with van der Waals surface area (Å²) < 4.78 is 19.1. The third-order valence-corrected chi connectivity index (χ3v) is 4.42. The summed E-state index contributed by atoms with van der Waals surface area (Å²) in [6, 6.07) is 11.9. The van der Waals surface area contributed by atoms with Crippen LogP contribution < -0.4 is 10.1 Å². The summed E-state index contributed by atoms with van der Waals surface area (Å²) >= 11 is 0. The minimum atomic E-state index is -0.231. The molecule has 3 rings (SSSR count). The SMILES string of the molecule is CN(C)CCOc1ccccc1C(=O)N[C@@H]1CCc2cc(F)ccc21. The Morgan fingerprint density at radius 1 is 1.28 bits per heavy atom. The maximum absolute atomic E-state index is 13.3. The number of hydrogen-bond donors (Lipinski definition) is 1. The molecule has 0 saturated heterocycles. The van der Waals surface area contributed by atoms with E-state index >= 15 is 0 Å². The Kier molecular flexibility index (Phi) is 5.34. The minimum Gasteiger partial charge on any atom is -0.491 e. The molecule has 0 fully saturated rings. The zero-order valence-corrected chi connectivity index (χ0v) is 14.6. The molecule has 2 aromatic rings. The number of carbonyl (C=O) groups is 1. The second kappa shape index (κ2) is 7.66. The van der Waals surface area contributed by atoms with Crippen LogP contribution in [-0.4, -0.2) is 38.1 Å². The number of aryl methyl sites for hydroxylation is 1. The van der Waals surface area contributed by atoms with Crippen LogP contribution >= 0.6 is 0 Å². The van der Waals surface area contributed by atoms with Crippen molar-refractivity contribution in [2.24, 2.45) is 0 Å². The first-order valence-electron chi connectivity index (χ1n) is 8.50. The topological polar surface area (TPSA) is 41.6 Å². The van der Waals surface area contributed by atoms with Crippen LogP contribution in [-0.2, 0) is 6.42 Å². The van der Waals surface area contributed by atoms with E-state index in [2.05, 4.69) is 5.32 Å². The van der Waals surface area contributed by atoms with Crippen molar-refractivity contribution in [3.63, 3.8) is 0 Å². The summed E-state index contributed by atoms with van der Waals surface area (Å²) in [5.74, 6) is 0.187. The molecular weight excluding hydrogens is 319 g/mol. The fraction of sp³-hybridized carbons (Fsp3) is 0.350. The van der Waals surface area contributed by atoms with Gasteiger partial charge in [0.1, 0.15) is 18.2 Å². The molecule has 4 nitrogen and oxygen atoms in total. The van der Waals surface area contributed by atoms with Gasteiger partial charge >= 0.3 is 0 Å². The van der Waals surface area contributed by atoms with Crippen LogP contribution in [0.25, 0.3) is 0 Å². The van der Waals surface area contributed by atoms with Gasteiger partial charge in [-0.15, -0.1) is 0 Å². The van der Waals surface area contributed by atoms with Crippen molar-refractivity contribution in [1.29, 1.82) is 0 Å². The van der Waals surface area contributed by atoms with Gasteiger partial charge in [-0.1, -0.05) is 18.2 Å². The zero-order valence-electron chi connectivity index (χ0n) is 14.6. The van der Waals surface area contributed by atoms with Crippen molar-refractivity contribution in [3.8, 4) is 5.75 Å². The lowest BCUT2D eigenvalue weighted by molar-refractivity contribution is 0.0932. The van der Waals surface area contributed by atoms with Crippen LogP contribution in [0.15, 0.2) is 42.5 Å². The molecule has 1 aliphatic rings. The van der Waals surface area contributed by atoms with Crippen LogP contribution in [0.2, 0.25) is 0 Å². The molecule has 132 valence electrons. The third kappa shape index (κ3) is 4.17. The van der Waals surface area contributed by atoms with Crippen LogP contribution in [0, 0.1) is 5.82 Å². The van der Waals surface area contributed by atoms with Crippen molar-refractivity contribution in [2.45, 2.75) is 18.9 Å². The van der Waals surface area contributed by atoms with Crippen LogP contribution in [0.3, 0.4) is 0 Å². The number of nitrogens with zero attached hydrogens (tertiary/aromatic N) is 1. The molecule has 25 heavy (non-hydrogen) atoms. The van der Waals surface area contributed by atoms with Gasteiger partial charge in [-0.2, -0.15) is 0 Å². The van der Waals surface area contributed by atoms with Crippen molar-refractivity contribution in [3.05, 3.63) is 65.0 Å². The smallest absolute Gasteiger partial charge is 0.255 e. The van der Waals surface area contributed by atoms with Crippen molar-refractivity contribution in [1.82, 2.24) is 10.2 Å². The maximum Gasteiger partial charge on any atom is 0.255 e. The average Bonchev–Trinajstić information content (AvgIpc) is 2.97. The number of carbonyl (C=O) groups excluding carboxylic acids is 1. The molecule has 0 spiro atoms. The molecule has 0 aromatic heterocycles. The summed E-state index contributed by atoms with van der Waals surface area (Å²) in [6.45, 7) is 1.29. The van der Waals surface area contributed by atoms with E-state index in [0.717, 1.165) is 30.5 Å². The second-order valence-corrected chi connectivity index (χ2v) is 6.56. The predicted molar refractivity (Wildman–Crippen MR) is 95.4 cm³/mol. The Morgan fingerprint density at radius 2 is 2.08 bits per heavy atom.